The molecule has 17 amide bonds. The van der Waals surface area contributed by atoms with Gasteiger partial charge in [-0.25, -0.2) is 4.79 Å². The molecule has 0 spiro atoms. The van der Waals surface area contributed by atoms with Gasteiger partial charge in [-0.3, -0.25) is 91.3 Å². The highest BCUT2D eigenvalue weighted by atomic mass is 16.4. The maximum Gasteiger partial charge on any atom is 0.326 e. The number of nitrogens with zero attached hydrogens (tertiary/aromatic N) is 5. The van der Waals surface area contributed by atoms with Crippen LogP contribution in [-0.2, 0) is 91.1 Å². The van der Waals surface area contributed by atoms with E-state index in [1.165, 1.54) is 35.5 Å². The molecule has 4 heterocycles. The minimum atomic E-state index is -1.67. The minimum Gasteiger partial charge on any atom is -0.481 e. The molecule has 43 heteroatoms. The van der Waals surface area contributed by atoms with Crippen LogP contribution < -0.4 is 86.3 Å². The number of hydrogen-bond acceptors (Lipinski definition) is 22. The van der Waals surface area contributed by atoms with Gasteiger partial charge in [0, 0.05) is 39.1 Å². The van der Waals surface area contributed by atoms with Crippen LogP contribution in [0.4, 0.5) is 0 Å². The number of aliphatic carboxylic acids is 2. The number of carboxylic acid groups (broad SMARTS) is 2. The van der Waals surface area contributed by atoms with Crippen molar-refractivity contribution >= 4 is 118 Å². The first kappa shape index (κ1) is 90.5. The number of rotatable bonds is 41. The fraction of sp³-hybridized carbons (Fsp3) is 0.697. The second-order valence-electron chi connectivity index (χ2n) is 27.6. The Kier molecular flexibility index (Phi) is 36.4. The van der Waals surface area contributed by atoms with E-state index in [0.717, 1.165) is 11.8 Å². The van der Waals surface area contributed by atoms with Gasteiger partial charge in [-0.2, -0.15) is 0 Å². The van der Waals surface area contributed by atoms with E-state index in [2.05, 4.69) is 74.1 Å². The van der Waals surface area contributed by atoms with Crippen molar-refractivity contribution in [3.63, 3.8) is 0 Å². The molecule has 4 aliphatic rings. The highest BCUT2D eigenvalue weighted by Crippen LogP contribution is 2.22. The number of carbonyl (C=O) groups excluding carboxylic acids is 17. The van der Waals surface area contributed by atoms with E-state index in [1.54, 1.807) is 27.7 Å². The van der Waals surface area contributed by atoms with E-state index in [4.69, 9.17) is 22.3 Å². The van der Waals surface area contributed by atoms with Gasteiger partial charge in [-0.05, 0) is 110 Å². The van der Waals surface area contributed by atoms with Crippen LogP contribution in [0.3, 0.4) is 0 Å². The van der Waals surface area contributed by atoms with Crippen molar-refractivity contribution in [2.45, 2.75) is 211 Å². The number of amides is 17. The average molecular weight is 1550 g/mol. The molecule has 4 rings (SSSR count). The highest BCUT2D eigenvalue weighted by Gasteiger charge is 2.42. The van der Waals surface area contributed by atoms with Crippen molar-refractivity contribution in [3.8, 4) is 0 Å². The molecule has 0 unspecified atom stereocenters. The molecule has 0 aromatic carbocycles. The summed E-state index contributed by atoms with van der Waals surface area (Å²) in [6.07, 6.45) is -0.00407. The number of aliphatic hydroxyl groups excluding tert-OH is 1. The molecule has 0 aliphatic carbocycles. The summed E-state index contributed by atoms with van der Waals surface area (Å²) in [6.45, 7) is 8.53. The van der Waals surface area contributed by atoms with E-state index >= 15 is 0 Å². The summed E-state index contributed by atoms with van der Waals surface area (Å²) in [4.78, 5) is 257. The molecule has 109 heavy (non-hydrogen) atoms. The van der Waals surface area contributed by atoms with Crippen molar-refractivity contribution in [1.29, 1.82) is 0 Å². The summed E-state index contributed by atoms with van der Waals surface area (Å²) in [5.74, 6) is -17.0. The molecular weight excluding hydrogens is 1440 g/mol. The van der Waals surface area contributed by atoms with Crippen molar-refractivity contribution in [3.05, 3.63) is 0 Å². The topological polar surface area (TPSA) is 645 Å². The van der Waals surface area contributed by atoms with Crippen LogP contribution in [-0.4, -0.2) is 304 Å². The van der Waals surface area contributed by atoms with E-state index in [9.17, 15) is 101 Å². The number of aliphatic imine (C=N–C) groups is 1. The van der Waals surface area contributed by atoms with Crippen LogP contribution in [0.15, 0.2) is 4.99 Å². The maximum atomic E-state index is 13.8. The molecule has 13 atom stereocenters. The first-order valence-corrected chi connectivity index (χ1v) is 36.1. The summed E-state index contributed by atoms with van der Waals surface area (Å²) in [5.41, 5.74) is 15.9. The van der Waals surface area contributed by atoms with Crippen molar-refractivity contribution in [2.24, 2.45) is 34.0 Å². The van der Waals surface area contributed by atoms with Gasteiger partial charge in [0.25, 0.3) is 0 Å². The molecule has 4 fully saturated rings. The SMILES string of the molecule is CC(C)[C@H](NC(=O)[C@@H]1CCCN1C(=O)CNC(=O)[C@H](C)NC(=O)[C@@H]1CCCN1C(=O)CNC(=O)[C@H](C)NC(=O)[C@@H]1CCCN1C(=O)CNC(=O)[C@@H](NC(=O)[C@H](CCC(=O)O)NC(=O)CN)[C@@H](C)O)C(=O)NCC(=O)N1CCC[C@H]1C(=O)N[C@H](C(=O)NCC(=O)N[C@@H](C)C(=O)N[C@@H](CCCN=C(N)N)C(=O)O)C(C)C. The maximum absolute atomic E-state index is 13.8. The number of carbonyl (C=O) groups is 19. The molecule has 0 bridgehead atoms. The van der Waals surface area contributed by atoms with Crippen molar-refractivity contribution < 1.29 is 106 Å². The van der Waals surface area contributed by atoms with Gasteiger partial charge in [0.1, 0.15) is 72.5 Å². The Balaban J connectivity index is 1.20. The Morgan fingerprint density at radius 3 is 1.11 bits per heavy atom. The second kappa shape index (κ2) is 43.8. The summed E-state index contributed by atoms with van der Waals surface area (Å²) in [7, 11) is 0. The van der Waals surface area contributed by atoms with Gasteiger partial charge in [-0.1, -0.05) is 27.7 Å². The van der Waals surface area contributed by atoms with Gasteiger partial charge >= 0.3 is 11.9 Å². The molecule has 43 nitrogen and oxygen atoms in total. The van der Waals surface area contributed by atoms with Crippen LogP contribution >= 0.6 is 0 Å². The number of likely N-dealkylation sites (tertiary alicyclic amines) is 4. The normalized spacial score (nSPS) is 19.1. The second-order valence-corrected chi connectivity index (χ2v) is 27.6. The fourth-order valence-corrected chi connectivity index (χ4v) is 12.4. The number of nitrogens with one attached hydrogen (secondary N) is 13. The largest absolute Gasteiger partial charge is 0.481 e. The van der Waals surface area contributed by atoms with Crippen LogP contribution in [0.2, 0.25) is 0 Å². The predicted molar refractivity (Wildman–Crippen MR) is 381 cm³/mol. The van der Waals surface area contributed by atoms with Crippen molar-refractivity contribution in [1.82, 2.24) is 88.7 Å². The lowest BCUT2D eigenvalue weighted by Crippen LogP contribution is -2.58. The standard InChI is InChI=1S/C66H107N21O22/c1-32(2)51(62(105)71-27-45(90)76-36(7)56(99)80-39(65(108)109)14-9-21-70-66(68)69)81-60(103)43-18-13-25-87(43)48(93)30-74-63(106)52(33(3)4)82-61(104)42-17-12-24-86(42)47(92)29-73-55(98)35(6)77-58(101)40-15-10-22-84(40)46(91)28-72-54(97)34(5)78-59(102)41-16-11-23-85(41)49(94)31-75-64(107)53(37(8)88)83-57(100)38(19-20-50(95)96)79-44(89)26-67/h32-43,51-53,88H,9-31,67H2,1-8H3,(H,71,105)(H,72,97)(H,73,98)(H,74,106)(H,75,107)(H,76,90)(H,77,101)(H,78,102)(H,79,89)(H,80,99)(H,81,103)(H,82,104)(H,83,100)(H,95,96)(H,108,109)(H4,68,69,70)/t34-,35-,36-,37+,38-,39-,40-,41-,42-,43-,51-,52-,53-/m0/s1. The van der Waals surface area contributed by atoms with Crippen molar-refractivity contribution in [2.75, 3.05) is 72.0 Å². The fourth-order valence-electron chi connectivity index (χ4n) is 12.4. The summed E-state index contributed by atoms with van der Waals surface area (Å²) >= 11 is 0. The zero-order valence-corrected chi connectivity index (χ0v) is 62.5. The Hall–Kier alpha value is -10.9. The van der Waals surface area contributed by atoms with Crippen LogP contribution in [0.25, 0.3) is 0 Å². The molecule has 0 radical (unpaired) electrons. The predicted octanol–water partition coefficient (Wildman–Crippen LogP) is -9.88. The molecule has 4 saturated heterocycles. The summed E-state index contributed by atoms with van der Waals surface area (Å²) in [6, 6.07) is -14.8. The molecule has 0 aromatic rings. The number of carboxylic acids is 2. The highest BCUT2D eigenvalue weighted by molar-refractivity contribution is 6.00. The van der Waals surface area contributed by atoms with Gasteiger partial charge in [0.2, 0.25) is 100 Å². The third-order valence-electron chi connectivity index (χ3n) is 18.5. The van der Waals surface area contributed by atoms with E-state index < -0.39 is 248 Å². The van der Waals surface area contributed by atoms with E-state index in [1.807, 2.05) is 0 Å². The van der Waals surface area contributed by atoms with Gasteiger partial charge in [-0.15, -0.1) is 0 Å². The lowest BCUT2D eigenvalue weighted by molar-refractivity contribution is -0.142. The van der Waals surface area contributed by atoms with Gasteiger partial charge in [0.05, 0.1) is 45.4 Å². The van der Waals surface area contributed by atoms with E-state index in [-0.39, 0.29) is 83.6 Å². The zero-order chi connectivity index (χ0) is 81.7. The molecule has 0 aromatic heterocycles. The molecular formula is C66H107N21O22. The first-order valence-electron chi connectivity index (χ1n) is 36.1. The third-order valence-corrected chi connectivity index (χ3v) is 18.5. The van der Waals surface area contributed by atoms with Gasteiger partial charge in [0.15, 0.2) is 5.96 Å². The number of aliphatic hydroxyl groups is 1. The quantitative estimate of drug-likeness (QED) is 0.0154. The molecule has 22 N–H and O–H groups in total. The monoisotopic (exact) mass is 1550 g/mol. The zero-order valence-electron chi connectivity index (χ0n) is 62.5. The van der Waals surface area contributed by atoms with Gasteiger partial charge < -0.3 is 121 Å². The van der Waals surface area contributed by atoms with E-state index in [0.29, 0.717) is 25.7 Å². The Labute approximate surface area is 628 Å². The van der Waals surface area contributed by atoms with Crippen LogP contribution in [0, 0.1) is 11.8 Å². The number of nitrogens with two attached hydrogens (primary N) is 3. The first-order chi connectivity index (χ1) is 51.3. The van der Waals surface area contributed by atoms with Crippen LogP contribution in [0.1, 0.15) is 132 Å². The smallest absolute Gasteiger partial charge is 0.326 e. The van der Waals surface area contributed by atoms with Crippen LogP contribution in [0.5, 0.6) is 0 Å². The minimum absolute atomic E-state index is 0.0140. The third kappa shape index (κ3) is 28.3. The Morgan fingerprint density at radius 2 is 0.761 bits per heavy atom. The number of guanidine groups is 1. The molecule has 0 saturated carbocycles. The Morgan fingerprint density at radius 1 is 0.404 bits per heavy atom. The number of hydrogen-bond donors (Lipinski definition) is 19. The molecule has 4 aliphatic heterocycles. The average Bonchev–Trinajstić information content (AvgIpc) is 1.75. The molecule has 608 valence electrons. The lowest BCUT2D eigenvalue weighted by Gasteiger charge is -2.29. The lowest BCUT2D eigenvalue weighted by atomic mass is 10.0. The summed E-state index contributed by atoms with van der Waals surface area (Å²) in [5, 5.41) is 60.6. The Bertz CT molecular complexity index is 3390. The summed E-state index contributed by atoms with van der Waals surface area (Å²) < 4.78 is 0.